The van der Waals surface area contributed by atoms with Gasteiger partial charge in [-0.15, -0.1) is 0 Å². The third kappa shape index (κ3) is 8.08. The maximum atomic E-state index is 14.1. The Morgan fingerprint density at radius 1 is 1.02 bits per heavy atom. The maximum Gasteiger partial charge on any atom is 0.297 e. The number of aromatic amines is 1. The predicted molar refractivity (Wildman–Crippen MR) is 238 cm³/mol. The first-order valence-corrected chi connectivity index (χ1v) is 23.7. The van der Waals surface area contributed by atoms with E-state index in [1.165, 1.54) is 49.1 Å². The van der Waals surface area contributed by atoms with E-state index in [-0.39, 0.29) is 47.4 Å². The topological polar surface area (TPSA) is 192 Å². The summed E-state index contributed by atoms with van der Waals surface area (Å²) >= 11 is 0. The van der Waals surface area contributed by atoms with E-state index in [0.717, 1.165) is 62.5 Å². The smallest absolute Gasteiger partial charge is 0.297 e. The average molecular weight is 876 g/mol. The summed E-state index contributed by atoms with van der Waals surface area (Å²) < 4.78 is 42.3. The van der Waals surface area contributed by atoms with Crippen molar-refractivity contribution < 1.29 is 32.7 Å². The van der Waals surface area contributed by atoms with Gasteiger partial charge in [0.05, 0.1) is 33.7 Å². The van der Waals surface area contributed by atoms with Gasteiger partial charge in [-0.25, -0.2) is 18.1 Å². The van der Waals surface area contributed by atoms with E-state index < -0.39 is 31.4 Å². The number of aliphatic hydroxyl groups excluding tert-OH is 1. The number of amides is 1. The summed E-state index contributed by atoms with van der Waals surface area (Å²) in [4.78, 5) is 37.8. The highest BCUT2D eigenvalue weighted by atomic mass is 32.2. The molecule has 5 aromatic rings. The molecule has 2 aromatic heterocycles. The Morgan fingerprint density at radius 2 is 1.81 bits per heavy atom. The van der Waals surface area contributed by atoms with Gasteiger partial charge in [0.1, 0.15) is 23.8 Å². The van der Waals surface area contributed by atoms with Gasteiger partial charge in [-0.05, 0) is 124 Å². The van der Waals surface area contributed by atoms with Crippen LogP contribution in [-0.2, 0) is 10.0 Å². The van der Waals surface area contributed by atoms with Crippen molar-refractivity contribution in [1.82, 2.24) is 19.6 Å². The molecule has 15 nitrogen and oxygen atoms in total. The van der Waals surface area contributed by atoms with Gasteiger partial charge in [-0.3, -0.25) is 19.8 Å². The molecule has 330 valence electrons. The van der Waals surface area contributed by atoms with Crippen molar-refractivity contribution in [3.63, 3.8) is 0 Å². The molecule has 4 N–H and O–H groups in total. The van der Waals surface area contributed by atoms with Crippen LogP contribution in [0.3, 0.4) is 0 Å². The first-order valence-electron chi connectivity index (χ1n) is 22.2. The molecule has 3 aromatic carbocycles. The van der Waals surface area contributed by atoms with Gasteiger partial charge in [-0.2, -0.15) is 0 Å². The number of nitro groups is 1. The summed E-state index contributed by atoms with van der Waals surface area (Å²) in [7, 11) is -4.65. The van der Waals surface area contributed by atoms with Gasteiger partial charge in [0, 0.05) is 60.6 Å². The second kappa shape index (κ2) is 16.4. The van der Waals surface area contributed by atoms with Crippen LogP contribution in [0.25, 0.3) is 11.0 Å². The normalized spacial score (nSPS) is 23.7. The SMILES string of the molecule is Cc1ccccc1[C@@H]1CCCN1C1CC2(CCN(c3ccc(C(=O)NS(=O)(=O)c4cc5c(c([N+](=O)[O-])c4)N[C@@H](C4CCC(O)CC4)CO5)c(Oc4cnc5[nH]ccc5c4)c3)CC2)C1. The second-order valence-electron chi connectivity index (χ2n) is 18.3. The van der Waals surface area contributed by atoms with E-state index in [1.54, 1.807) is 24.4 Å². The van der Waals surface area contributed by atoms with Crippen molar-refractivity contribution in [2.45, 2.75) is 100 Å². The number of likely N-dealkylation sites (tertiary alicyclic amines) is 1. The number of anilines is 2. The number of rotatable bonds is 10. The molecule has 16 heteroatoms. The third-order valence-electron chi connectivity index (χ3n) is 14.5. The molecule has 2 atom stereocenters. The lowest BCUT2D eigenvalue weighted by Crippen LogP contribution is -2.54. The monoisotopic (exact) mass is 875 g/mol. The number of benzene rings is 3. The summed E-state index contributed by atoms with van der Waals surface area (Å²) in [5.41, 5.74) is 4.22. The number of hydrogen-bond donors (Lipinski definition) is 4. The van der Waals surface area contributed by atoms with Crippen molar-refractivity contribution in [1.29, 1.82) is 0 Å². The van der Waals surface area contributed by atoms with Gasteiger partial charge in [0.25, 0.3) is 21.6 Å². The molecule has 4 fully saturated rings. The molecule has 2 saturated heterocycles. The largest absolute Gasteiger partial charge is 0.489 e. The summed E-state index contributed by atoms with van der Waals surface area (Å²) in [6, 6.07) is 20.6. The molecule has 5 heterocycles. The zero-order chi connectivity index (χ0) is 43.5. The van der Waals surface area contributed by atoms with Crippen LogP contribution in [0.15, 0.2) is 84.0 Å². The van der Waals surface area contributed by atoms with Crippen molar-refractivity contribution in [3.05, 3.63) is 106 Å². The molecule has 63 heavy (non-hydrogen) atoms. The number of aromatic nitrogens is 2. The van der Waals surface area contributed by atoms with Gasteiger partial charge in [0.15, 0.2) is 11.4 Å². The lowest BCUT2D eigenvalue weighted by molar-refractivity contribution is -0.384. The molecule has 5 aliphatic rings. The van der Waals surface area contributed by atoms with Gasteiger partial charge >= 0.3 is 0 Å². The fourth-order valence-corrected chi connectivity index (χ4v) is 12.0. The number of aliphatic hydroxyl groups is 1. The Balaban J connectivity index is 0.862. The lowest BCUT2D eigenvalue weighted by Gasteiger charge is -2.56. The minimum Gasteiger partial charge on any atom is -0.489 e. The van der Waals surface area contributed by atoms with Crippen molar-refractivity contribution in [2.24, 2.45) is 11.3 Å². The highest BCUT2D eigenvalue weighted by molar-refractivity contribution is 7.90. The van der Waals surface area contributed by atoms with Gasteiger partial charge in [0.2, 0.25) is 0 Å². The standard InChI is InChI=1S/C47H53N7O8S/c1-29-5-2-3-6-37(29)40-7-4-18-53(40)33-25-47(26-33)15-19-52(20-16-47)32-10-13-38(42(22-32)62-35-21-31-14-17-48-45(31)49-27-35)46(56)51-63(59,60)36-23-41(54(57)58)44-43(24-36)61-28-39(50-44)30-8-11-34(55)12-9-30/h2-3,5-6,10,13-14,17,21-24,27,30,33-34,39-40,50,55H,4,7-9,11-12,15-16,18-20,25-26,28H2,1H3,(H,48,49)(H,51,56)/t30?,34?,39-,40+/m1/s1. The first kappa shape index (κ1) is 41.3. The highest BCUT2D eigenvalue weighted by Gasteiger charge is 2.50. The number of sulfonamides is 1. The number of H-pyrrole nitrogens is 1. The van der Waals surface area contributed by atoms with Crippen molar-refractivity contribution in [2.75, 3.05) is 36.5 Å². The van der Waals surface area contributed by atoms with Crippen molar-refractivity contribution >= 4 is 44.0 Å². The van der Waals surface area contributed by atoms with Crippen LogP contribution < -0.4 is 24.4 Å². The van der Waals surface area contributed by atoms with Crippen molar-refractivity contribution in [3.8, 4) is 17.2 Å². The molecule has 0 unspecified atom stereocenters. The third-order valence-corrected chi connectivity index (χ3v) is 15.8. The fourth-order valence-electron chi connectivity index (χ4n) is 11.0. The average Bonchev–Trinajstić information content (AvgIpc) is 3.95. The number of pyridine rings is 1. The molecular formula is C47H53N7O8S. The molecular weight excluding hydrogens is 823 g/mol. The quantitative estimate of drug-likeness (QED) is 0.0782. The Hall–Kier alpha value is -5.71. The minimum absolute atomic E-state index is 0.00776. The predicted octanol–water partition coefficient (Wildman–Crippen LogP) is 8.00. The number of carbonyl (C=O) groups excluding carboxylic acids is 1. The van der Waals surface area contributed by atoms with Crippen LogP contribution in [0.2, 0.25) is 0 Å². The van der Waals surface area contributed by atoms with Gasteiger partial charge < -0.3 is 29.8 Å². The number of aryl methyl sites for hydroxylation is 1. The molecule has 10 rings (SSSR count). The molecule has 2 saturated carbocycles. The molecule has 1 spiro atoms. The number of fused-ring (bicyclic) bond motifs is 2. The number of nitrogens with zero attached hydrogens (tertiary/aromatic N) is 4. The summed E-state index contributed by atoms with van der Waals surface area (Å²) in [6.07, 6.45) is 12.6. The number of ether oxygens (including phenoxy) is 2. The number of nitrogens with one attached hydrogen (secondary N) is 3. The fraction of sp³-hybridized carbons (Fsp3) is 0.447. The highest BCUT2D eigenvalue weighted by Crippen LogP contribution is 2.54. The Morgan fingerprint density at radius 3 is 2.59 bits per heavy atom. The van der Waals surface area contributed by atoms with Crippen LogP contribution in [0, 0.1) is 28.4 Å². The van der Waals surface area contributed by atoms with Crippen LogP contribution >= 0.6 is 0 Å². The van der Waals surface area contributed by atoms with E-state index in [9.17, 15) is 28.4 Å². The van der Waals surface area contributed by atoms with E-state index >= 15 is 0 Å². The molecule has 0 radical (unpaired) electrons. The summed E-state index contributed by atoms with van der Waals surface area (Å²) in [5, 5.41) is 26.3. The number of hydrogen-bond acceptors (Lipinski definition) is 12. The second-order valence-corrected chi connectivity index (χ2v) is 20.0. The number of carbonyl (C=O) groups is 1. The van der Waals surface area contributed by atoms with Crippen LogP contribution in [0.1, 0.15) is 91.7 Å². The lowest BCUT2D eigenvalue weighted by atomic mass is 9.59. The van der Waals surface area contributed by atoms with Crippen LogP contribution in [-0.4, -0.2) is 83.7 Å². The molecule has 2 aliphatic carbocycles. The van der Waals surface area contributed by atoms with E-state index in [4.69, 9.17) is 9.47 Å². The van der Waals surface area contributed by atoms with Crippen LogP contribution in [0.5, 0.6) is 17.2 Å². The zero-order valence-electron chi connectivity index (χ0n) is 35.3. The molecule has 0 bridgehead atoms. The number of piperidine rings is 1. The van der Waals surface area contributed by atoms with E-state index in [0.29, 0.717) is 41.7 Å². The zero-order valence-corrected chi connectivity index (χ0v) is 36.1. The molecule has 3 aliphatic heterocycles. The first-order chi connectivity index (χ1) is 30.4. The van der Waals surface area contributed by atoms with Crippen LogP contribution in [0.4, 0.5) is 17.1 Å². The summed E-state index contributed by atoms with van der Waals surface area (Å²) in [6.45, 7) is 5.21. The number of nitro benzene ring substituents is 1. The minimum atomic E-state index is -4.65. The Kier molecular flexibility index (Phi) is 10.8. The summed E-state index contributed by atoms with van der Waals surface area (Å²) in [5.74, 6) is -0.323. The van der Waals surface area contributed by atoms with Gasteiger partial charge in [-0.1, -0.05) is 24.3 Å². The van der Waals surface area contributed by atoms with E-state index in [2.05, 4.69) is 61.0 Å². The maximum absolute atomic E-state index is 14.1. The molecule has 1 amide bonds. The Bertz CT molecular complexity index is 2660. The van der Waals surface area contributed by atoms with E-state index in [1.807, 2.05) is 12.1 Å². The Labute approximate surface area is 366 Å².